The lowest BCUT2D eigenvalue weighted by molar-refractivity contribution is 0.0779. The Labute approximate surface area is 114 Å². The summed E-state index contributed by atoms with van der Waals surface area (Å²) in [5.41, 5.74) is 0. The predicted molar refractivity (Wildman–Crippen MR) is 78.8 cm³/mol. The Kier molecular flexibility index (Phi) is 5.50. The minimum Gasteiger partial charge on any atom is -0.317 e. The zero-order valence-corrected chi connectivity index (χ0v) is 12.6. The highest BCUT2D eigenvalue weighted by molar-refractivity contribution is 4.84. The number of hydrogen-bond donors (Lipinski definition) is 1. The molecule has 0 amide bonds. The van der Waals surface area contributed by atoms with Gasteiger partial charge in [-0.25, -0.2) is 0 Å². The molecule has 0 spiro atoms. The third kappa shape index (κ3) is 3.71. The normalized spacial score (nSPS) is 35.0. The molecular formula is C16H32N2. The first-order valence-corrected chi connectivity index (χ1v) is 8.15. The fourth-order valence-electron chi connectivity index (χ4n) is 4.09. The maximum Gasteiger partial charge on any atom is 0.0121 e. The van der Waals surface area contributed by atoms with Crippen LogP contribution in [0.3, 0.4) is 0 Å². The quantitative estimate of drug-likeness (QED) is 0.827. The Hall–Kier alpha value is -0.0800. The molecular weight excluding hydrogens is 220 g/mol. The van der Waals surface area contributed by atoms with Gasteiger partial charge in [0.15, 0.2) is 0 Å². The maximum absolute atomic E-state index is 3.48. The Bertz CT molecular complexity index is 235. The molecule has 0 aromatic carbocycles. The molecule has 2 fully saturated rings. The van der Waals surface area contributed by atoms with Crippen LogP contribution < -0.4 is 5.32 Å². The Morgan fingerprint density at radius 3 is 2.39 bits per heavy atom. The average molecular weight is 252 g/mol. The molecule has 2 aliphatic rings. The van der Waals surface area contributed by atoms with Gasteiger partial charge < -0.3 is 10.2 Å². The molecule has 2 heteroatoms. The summed E-state index contributed by atoms with van der Waals surface area (Å²) in [5.74, 6) is 2.79. The van der Waals surface area contributed by atoms with E-state index in [1.165, 1.54) is 58.3 Å². The van der Waals surface area contributed by atoms with Crippen molar-refractivity contribution in [2.45, 2.75) is 58.9 Å². The van der Waals surface area contributed by atoms with E-state index in [9.17, 15) is 0 Å². The van der Waals surface area contributed by atoms with Crippen molar-refractivity contribution in [1.29, 1.82) is 0 Å². The van der Waals surface area contributed by atoms with E-state index in [-0.39, 0.29) is 0 Å². The summed E-state index contributed by atoms with van der Waals surface area (Å²) >= 11 is 0. The molecule has 1 heterocycles. The first-order chi connectivity index (χ1) is 8.70. The van der Waals surface area contributed by atoms with Crippen LogP contribution in [0.1, 0.15) is 52.9 Å². The van der Waals surface area contributed by atoms with E-state index < -0.39 is 0 Å². The van der Waals surface area contributed by atoms with Crippen LogP contribution in [0.2, 0.25) is 0 Å². The summed E-state index contributed by atoms with van der Waals surface area (Å²) in [6, 6.07) is 0.862. The zero-order valence-electron chi connectivity index (χ0n) is 12.6. The van der Waals surface area contributed by atoms with Crippen molar-refractivity contribution >= 4 is 0 Å². The first kappa shape index (κ1) is 14.3. The van der Waals surface area contributed by atoms with Gasteiger partial charge in [0, 0.05) is 12.6 Å². The van der Waals surface area contributed by atoms with Crippen LogP contribution in [-0.2, 0) is 0 Å². The van der Waals surface area contributed by atoms with Gasteiger partial charge in [-0.3, -0.25) is 0 Å². The lowest BCUT2D eigenvalue weighted by Gasteiger charge is -2.42. The van der Waals surface area contributed by atoms with Gasteiger partial charge in [-0.05, 0) is 69.5 Å². The smallest absolute Gasteiger partial charge is 0.0121 e. The number of hydrogen-bond acceptors (Lipinski definition) is 2. The molecule has 18 heavy (non-hydrogen) atoms. The van der Waals surface area contributed by atoms with Gasteiger partial charge >= 0.3 is 0 Å². The lowest BCUT2D eigenvalue weighted by atomic mass is 9.78. The molecule has 0 radical (unpaired) electrons. The van der Waals surface area contributed by atoms with Crippen molar-refractivity contribution in [3.05, 3.63) is 0 Å². The summed E-state index contributed by atoms with van der Waals surface area (Å²) in [7, 11) is 0. The SMILES string of the molecule is CCN(CC1CCNCC1)C1CCC(C)CC1C. The van der Waals surface area contributed by atoms with Gasteiger partial charge in [0.05, 0.1) is 0 Å². The highest BCUT2D eigenvalue weighted by Crippen LogP contribution is 2.32. The molecule has 2 nitrogen and oxygen atoms in total. The molecule has 1 N–H and O–H groups in total. The number of nitrogens with one attached hydrogen (secondary N) is 1. The van der Waals surface area contributed by atoms with Gasteiger partial charge in [0.2, 0.25) is 0 Å². The van der Waals surface area contributed by atoms with E-state index in [4.69, 9.17) is 0 Å². The molecule has 0 aromatic heterocycles. The third-order valence-corrected chi connectivity index (χ3v) is 5.21. The van der Waals surface area contributed by atoms with Gasteiger partial charge in [0.1, 0.15) is 0 Å². The van der Waals surface area contributed by atoms with Crippen molar-refractivity contribution in [3.8, 4) is 0 Å². The molecule has 0 aromatic rings. The van der Waals surface area contributed by atoms with E-state index in [0.717, 1.165) is 23.8 Å². The first-order valence-electron chi connectivity index (χ1n) is 8.15. The second-order valence-corrected chi connectivity index (χ2v) is 6.74. The standard InChI is InChI=1S/C16H32N2/c1-4-18(12-15-7-9-17-10-8-15)16-6-5-13(2)11-14(16)3/h13-17H,4-12H2,1-3H3. The van der Waals surface area contributed by atoms with E-state index in [0.29, 0.717) is 0 Å². The van der Waals surface area contributed by atoms with Crippen LogP contribution in [0, 0.1) is 17.8 Å². The zero-order chi connectivity index (χ0) is 13.0. The fourth-order valence-corrected chi connectivity index (χ4v) is 4.09. The molecule has 1 aliphatic heterocycles. The Balaban J connectivity index is 1.86. The van der Waals surface area contributed by atoms with E-state index in [2.05, 4.69) is 31.0 Å². The summed E-state index contributed by atoms with van der Waals surface area (Å²) < 4.78 is 0. The number of nitrogens with zero attached hydrogens (tertiary/aromatic N) is 1. The number of piperidine rings is 1. The third-order valence-electron chi connectivity index (χ3n) is 5.21. The minimum absolute atomic E-state index is 0.862. The van der Waals surface area contributed by atoms with Gasteiger partial charge in [0.25, 0.3) is 0 Å². The monoisotopic (exact) mass is 252 g/mol. The minimum atomic E-state index is 0.862. The van der Waals surface area contributed by atoms with Crippen LogP contribution in [0.25, 0.3) is 0 Å². The molecule has 1 aliphatic carbocycles. The van der Waals surface area contributed by atoms with E-state index in [1.807, 2.05) is 0 Å². The van der Waals surface area contributed by atoms with Crippen LogP contribution in [0.15, 0.2) is 0 Å². The van der Waals surface area contributed by atoms with Crippen molar-refractivity contribution in [3.63, 3.8) is 0 Å². The van der Waals surface area contributed by atoms with Gasteiger partial charge in [-0.1, -0.05) is 20.8 Å². The van der Waals surface area contributed by atoms with Crippen LogP contribution in [-0.4, -0.2) is 37.1 Å². The van der Waals surface area contributed by atoms with Crippen molar-refractivity contribution in [1.82, 2.24) is 10.2 Å². The Morgan fingerprint density at radius 1 is 1.06 bits per heavy atom. The average Bonchev–Trinajstić information content (AvgIpc) is 2.38. The van der Waals surface area contributed by atoms with Crippen molar-refractivity contribution < 1.29 is 0 Å². The van der Waals surface area contributed by atoms with Gasteiger partial charge in [-0.2, -0.15) is 0 Å². The Morgan fingerprint density at radius 2 is 1.78 bits per heavy atom. The summed E-state index contributed by atoms with van der Waals surface area (Å²) in [6.45, 7) is 12.3. The van der Waals surface area contributed by atoms with E-state index in [1.54, 1.807) is 0 Å². The van der Waals surface area contributed by atoms with Crippen molar-refractivity contribution in [2.75, 3.05) is 26.2 Å². The lowest BCUT2D eigenvalue weighted by Crippen LogP contribution is -2.46. The fraction of sp³-hybridized carbons (Fsp3) is 1.00. The second kappa shape index (κ2) is 6.91. The molecule has 2 rings (SSSR count). The largest absolute Gasteiger partial charge is 0.317 e. The number of rotatable bonds is 4. The highest BCUT2D eigenvalue weighted by atomic mass is 15.2. The molecule has 106 valence electrons. The second-order valence-electron chi connectivity index (χ2n) is 6.74. The van der Waals surface area contributed by atoms with Crippen LogP contribution in [0.5, 0.6) is 0 Å². The van der Waals surface area contributed by atoms with Gasteiger partial charge in [-0.15, -0.1) is 0 Å². The summed E-state index contributed by atoms with van der Waals surface area (Å²) in [5, 5.41) is 3.48. The van der Waals surface area contributed by atoms with Crippen molar-refractivity contribution in [2.24, 2.45) is 17.8 Å². The molecule has 3 atom stereocenters. The molecule has 3 unspecified atom stereocenters. The predicted octanol–water partition coefficient (Wildman–Crippen LogP) is 3.13. The molecule has 0 bridgehead atoms. The highest BCUT2D eigenvalue weighted by Gasteiger charge is 2.30. The molecule has 1 saturated heterocycles. The topological polar surface area (TPSA) is 15.3 Å². The summed E-state index contributed by atoms with van der Waals surface area (Å²) in [6.07, 6.45) is 7.08. The maximum atomic E-state index is 3.48. The summed E-state index contributed by atoms with van der Waals surface area (Å²) in [4.78, 5) is 2.80. The van der Waals surface area contributed by atoms with Crippen LogP contribution >= 0.6 is 0 Å². The molecule has 1 saturated carbocycles. The van der Waals surface area contributed by atoms with Crippen LogP contribution in [0.4, 0.5) is 0 Å². The van der Waals surface area contributed by atoms with E-state index >= 15 is 0 Å².